The van der Waals surface area contributed by atoms with E-state index in [2.05, 4.69) is 5.16 Å². The SMILES string of the molecule is CCOC(=O)CCO/N=C(/C)c1ccc(Cl)cc1. The van der Waals surface area contributed by atoms with Gasteiger partial charge in [0.05, 0.1) is 18.7 Å². The highest BCUT2D eigenvalue weighted by atomic mass is 35.5. The Bertz CT molecular complexity index is 415. The van der Waals surface area contributed by atoms with Crippen molar-refractivity contribution < 1.29 is 14.4 Å². The predicted molar refractivity (Wildman–Crippen MR) is 70.9 cm³/mol. The fourth-order valence-corrected chi connectivity index (χ4v) is 1.37. The van der Waals surface area contributed by atoms with Gasteiger partial charge in [0.25, 0.3) is 0 Å². The monoisotopic (exact) mass is 269 g/mol. The van der Waals surface area contributed by atoms with Gasteiger partial charge in [-0.3, -0.25) is 4.79 Å². The molecule has 0 N–H and O–H groups in total. The Balaban J connectivity index is 2.38. The number of halogens is 1. The maximum absolute atomic E-state index is 11.0. The van der Waals surface area contributed by atoms with Gasteiger partial charge in [-0.15, -0.1) is 0 Å². The van der Waals surface area contributed by atoms with E-state index in [9.17, 15) is 4.79 Å². The highest BCUT2D eigenvalue weighted by Crippen LogP contribution is 2.10. The van der Waals surface area contributed by atoms with Crippen LogP contribution in [0.3, 0.4) is 0 Å². The van der Waals surface area contributed by atoms with E-state index in [1.165, 1.54) is 0 Å². The lowest BCUT2D eigenvalue weighted by atomic mass is 10.1. The van der Waals surface area contributed by atoms with Crippen molar-refractivity contribution in [2.24, 2.45) is 5.16 Å². The molecule has 0 spiro atoms. The molecule has 1 aromatic rings. The molecule has 98 valence electrons. The van der Waals surface area contributed by atoms with E-state index in [0.717, 1.165) is 11.3 Å². The second kappa shape index (κ2) is 7.71. The van der Waals surface area contributed by atoms with E-state index in [-0.39, 0.29) is 19.0 Å². The number of rotatable bonds is 6. The Morgan fingerprint density at radius 1 is 1.33 bits per heavy atom. The molecule has 18 heavy (non-hydrogen) atoms. The van der Waals surface area contributed by atoms with Crippen LogP contribution in [0.15, 0.2) is 29.4 Å². The van der Waals surface area contributed by atoms with Gasteiger partial charge in [-0.05, 0) is 31.5 Å². The van der Waals surface area contributed by atoms with Crippen LogP contribution in [-0.2, 0) is 14.4 Å². The zero-order valence-corrected chi connectivity index (χ0v) is 11.2. The maximum Gasteiger partial charge on any atom is 0.309 e. The number of ether oxygens (including phenoxy) is 1. The summed E-state index contributed by atoms with van der Waals surface area (Å²) in [5.74, 6) is -0.281. The van der Waals surface area contributed by atoms with Crippen molar-refractivity contribution in [3.8, 4) is 0 Å². The average Bonchev–Trinajstić information content (AvgIpc) is 2.35. The molecule has 0 bridgehead atoms. The molecule has 0 aliphatic carbocycles. The lowest BCUT2D eigenvalue weighted by Crippen LogP contribution is -2.07. The van der Waals surface area contributed by atoms with Crippen LogP contribution in [0.25, 0.3) is 0 Å². The summed E-state index contributed by atoms with van der Waals surface area (Å²) in [7, 11) is 0. The molecule has 0 aliphatic rings. The first-order chi connectivity index (χ1) is 8.63. The Kier molecular flexibility index (Phi) is 6.22. The third-order valence-electron chi connectivity index (χ3n) is 2.17. The number of carbonyl (C=O) groups is 1. The van der Waals surface area contributed by atoms with Gasteiger partial charge in [0.15, 0.2) is 0 Å². The van der Waals surface area contributed by atoms with Crippen molar-refractivity contribution in [3.05, 3.63) is 34.9 Å². The fraction of sp³-hybridized carbons (Fsp3) is 0.385. The van der Waals surface area contributed by atoms with Gasteiger partial charge in [-0.1, -0.05) is 28.9 Å². The normalized spacial score (nSPS) is 11.2. The number of oxime groups is 1. The van der Waals surface area contributed by atoms with Crippen molar-refractivity contribution in [3.63, 3.8) is 0 Å². The van der Waals surface area contributed by atoms with Crippen molar-refractivity contribution in [2.75, 3.05) is 13.2 Å². The molecule has 0 saturated carbocycles. The molecule has 0 aromatic heterocycles. The third-order valence-corrected chi connectivity index (χ3v) is 2.42. The highest BCUT2D eigenvalue weighted by molar-refractivity contribution is 6.30. The molecular weight excluding hydrogens is 254 g/mol. The molecule has 4 nitrogen and oxygen atoms in total. The predicted octanol–water partition coefficient (Wildman–Crippen LogP) is 3.03. The molecule has 5 heteroatoms. The molecule has 0 radical (unpaired) electrons. The van der Waals surface area contributed by atoms with Crippen LogP contribution in [0.2, 0.25) is 5.02 Å². The first-order valence-corrected chi connectivity index (χ1v) is 6.09. The van der Waals surface area contributed by atoms with Crippen LogP contribution in [-0.4, -0.2) is 24.9 Å². The minimum Gasteiger partial charge on any atom is -0.466 e. The molecule has 0 unspecified atom stereocenters. The molecule has 0 atom stereocenters. The molecule has 1 rings (SSSR count). The summed E-state index contributed by atoms with van der Waals surface area (Å²) in [5.41, 5.74) is 1.66. The standard InChI is InChI=1S/C13H16ClNO3/c1-3-17-13(16)8-9-18-15-10(2)11-4-6-12(14)7-5-11/h4-7H,3,8-9H2,1-2H3/b15-10-. The average molecular weight is 270 g/mol. The Hall–Kier alpha value is -1.55. The lowest BCUT2D eigenvalue weighted by Gasteiger charge is -2.03. The molecule has 0 fully saturated rings. The van der Waals surface area contributed by atoms with Crippen LogP contribution >= 0.6 is 11.6 Å². The van der Waals surface area contributed by atoms with Gasteiger partial charge in [0, 0.05) is 5.02 Å². The van der Waals surface area contributed by atoms with Gasteiger partial charge in [0.2, 0.25) is 0 Å². The largest absolute Gasteiger partial charge is 0.466 e. The minimum absolute atomic E-state index is 0.200. The molecule has 0 aliphatic heterocycles. The molecule has 1 aromatic carbocycles. The number of hydrogen-bond donors (Lipinski definition) is 0. The van der Waals surface area contributed by atoms with Crippen molar-refractivity contribution in [1.29, 1.82) is 0 Å². The zero-order chi connectivity index (χ0) is 13.4. The molecular formula is C13H16ClNO3. The first kappa shape index (κ1) is 14.5. The zero-order valence-electron chi connectivity index (χ0n) is 10.5. The van der Waals surface area contributed by atoms with Gasteiger partial charge < -0.3 is 9.57 Å². The second-order valence-corrected chi connectivity index (χ2v) is 4.01. The highest BCUT2D eigenvalue weighted by Gasteiger charge is 2.02. The van der Waals surface area contributed by atoms with E-state index in [0.29, 0.717) is 11.6 Å². The number of nitrogens with zero attached hydrogens (tertiary/aromatic N) is 1. The van der Waals surface area contributed by atoms with Gasteiger partial charge >= 0.3 is 5.97 Å². The minimum atomic E-state index is -0.281. The summed E-state index contributed by atoms with van der Waals surface area (Å²) in [4.78, 5) is 16.1. The van der Waals surface area contributed by atoms with Gasteiger partial charge in [-0.2, -0.15) is 0 Å². The van der Waals surface area contributed by atoms with Gasteiger partial charge in [-0.25, -0.2) is 0 Å². The summed E-state index contributed by atoms with van der Waals surface area (Å²) in [5, 5.41) is 4.60. The summed E-state index contributed by atoms with van der Waals surface area (Å²) in [6, 6.07) is 7.29. The summed E-state index contributed by atoms with van der Waals surface area (Å²) in [6.45, 7) is 4.19. The molecule has 0 amide bonds. The third kappa shape index (κ3) is 5.19. The van der Waals surface area contributed by atoms with E-state index in [1.807, 2.05) is 19.1 Å². The van der Waals surface area contributed by atoms with E-state index in [1.54, 1.807) is 19.1 Å². The Labute approximate surface area is 112 Å². The molecule has 0 heterocycles. The van der Waals surface area contributed by atoms with Crippen LogP contribution < -0.4 is 0 Å². The summed E-state index contributed by atoms with van der Waals surface area (Å²) in [6.07, 6.45) is 0.200. The first-order valence-electron chi connectivity index (χ1n) is 5.71. The summed E-state index contributed by atoms with van der Waals surface area (Å²) < 4.78 is 4.76. The van der Waals surface area contributed by atoms with E-state index < -0.39 is 0 Å². The fourth-order valence-electron chi connectivity index (χ4n) is 1.25. The Morgan fingerprint density at radius 2 is 2.00 bits per heavy atom. The Morgan fingerprint density at radius 3 is 2.61 bits per heavy atom. The van der Waals surface area contributed by atoms with Crippen LogP contribution in [0, 0.1) is 0 Å². The number of benzene rings is 1. The maximum atomic E-state index is 11.0. The number of esters is 1. The van der Waals surface area contributed by atoms with Crippen LogP contribution in [0.1, 0.15) is 25.8 Å². The topological polar surface area (TPSA) is 47.9 Å². The van der Waals surface area contributed by atoms with Crippen LogP contribution in [0.5, 0.6) is 0 Å². The smallest absolute Gasteiger partial charge is 0.309 e. The van der Waals surface area contributed by atoms with Gasteiger partial charge in [0.1, 0.15) is 6.61 Å². The van der Waals surface area contributed by atoms with Crippen molar-refractivity contribution >= 4 is 23.3 Å². The van der Waals surface area contributed by atoms with Crippen molar-refractivity contribution in [2.45, 2.75) is 20.3 Å². The number of hydrogen-bond acceptors (Lipinski definition) is 4. The lowest BCUT2D eigenvalue weighted by molar-refractivity contribution is -0.144. The quantitative estimate of drug-likeness (QED) is 0.345. The van der Waals surface area contributed by atoms with E-state index >= 15 is 0 Å². The second-order valence-electron chi connectivity index (χ2n) is 3.57. The molecule has 0 saturated heterocycles. The van der Waals surface area contributed by atoms with Crippen molar-refractivity contribution in [1.82, 2.24) is 0 Å². The van der Waals surface area contributed by atoms with Crippen LogP contribution in [0.4, 0.5) is 0 Å². The summed E-state index contributed by atoms with van der Waals surface area (Å²) >= 11 is 5.79. The number of carbonyl (C=O) groups excluding carboxylic acids is 1. The van der Waals surface area contributed by atoms with E-state index in [4.69, 9.17) is 21.2 Å².